The number of nitrogens with zero attached hydrogens (tertiary/aromatic N) is 1. The fourth-order valence-corrected chi connectivity index (χ4v) is 1.51. The van der Waals surface area contributed by atoms with Gasteiger partial charge in [-0.15, -0.1) is 0 Å². The second kappa shape index (κ2) is 3.86. The Bertz CT molecular complexity index is 245. The van der Waals surface area contributed by atoms with Gasteiger partial charge in [-0.05, 0) is 40.9 Å². The molecule has 0 atom stereocenters. The van der Waals surface area contributed by atoms with Crippen molar-refractivity contribution in [2.45, 2.75) is 26.7 Å². The lowest BCUT2D eigenvalue weighted by molar-refractivity contribution is 0.870. The maximum Gasteiger partial charge on any atom is 0.0433 e. The van der Waals surface area contributed by atoms with E-state index in [4.69, 9.17) is 0 Å². The maximum atomic E-state index is 4.32. The summed E-state index contributed by atoms with van der Waals surface area (Å²) in [6.07, 6.45) is 4.10. The minimum atomic E-state index is 1.06. The van der Waals surface area contributed by atoms with Gasteiger partial charge in [0.25, 0.3) is 0 Å². The fourth-order valence-electron chi connectivity index (χ4n) is 1.07. The first-order chi connectivity index (χ1) is 5.24. The molecule has 0 N–H and O–H groups in total. The van der Waals surface area contributed by atoms with E-state index in [0.717, 1.165) is 17.3 Å². The highest BCUT2D eigenvalue weighted by molar-refractivity contribution is 9.10. The summed E-state index contributed by atoms with van der Waals surface area (Å²) in [4.78, 5) is 4.32. The molecule has 0 aliphatic rings. The molecule has 11 heavy (non-hydrogen) atoms. The van der Waals surface area contributed by atoms with Crippen LogP contribution in [0.4, 0.5) is 0 Å². The van der Waals surface area contributed by atoms with Crippen molar-refractivity contribution in [1.82, 2.24) is 4.98 Å². The summed E-state index contributed by atoms with van der Waals surface area (Å²) in [6, 6.07) is 2.11. The predicted molar refractivity (Wildman–Crippen MR) is 50.7 cm³/mol. The van der Waals surface area contributed by atoms with E-state index in [0.29, 0.717) is 0 Å². The standard InChI is InChI=1S/C9H12BrN/c1-3-4-9-7(2)5-8(10)6-11-9/h5-6H,3-4H2,1-2H3. The van der Waals surface area contributed by atoms with Crippen molar-refractivity contribution >= 4 is 15.9 Å². The van der Waals surface area contributed by atoms with Gasteiger partial charge in [0, 0.05) is 16.4 Å². The number of hydrogen-bond donors (Lipinski definition) is 0. The third-order valence-electron chi connectivity index (χ3n) is 1.64. The van der Waals surface area contributed by atoms with Crippen LogP contribution in [0.15, 0.2) is 16.7 Å². The van der Waals surface area contributed by atoms with Crippen LogP contribution in [-0.4, -0.2) is 4.98 Å². The quantitative estimate of drug-likeness (QED) is 0.737. The van der Waals surface area contributed by atoms with Crippen molar-refractivity contribution in [1.29, 1.82) is 0 Å². The minimum Gasteiger partial charge on any atom is -0.260 e. The lowest BCUT2D eigenvalue weighted by Crippen LogP contribution is -1.92. The molecule has 60 valence electrons. The molecule has 0 radical (unpaired) electrons. The molecule has 0 aromatic carbocycles. The molecule has 1 rings (SSSR count). The smallest absolute Gasteiger partial charge is 0.0433 e. The first-order valence-corrected chi connectivity index (χ1v) is 4.64. The van der Waals surface area contributed by atoms with E-state index >= 15 is 0 Å². The first-order valence-electron chi connectivity index (χ1n) is 3.85. The van der Waals surface area contributed by atoms with Gasteiger partial charge in [-0.25, -0.2) is 0 Å². The van der Waals surface area contributed by atoms with Crippen LogP contribution in [0.3, 0.4) is 0 Å². The SMILES string of the molecule is CCCc1ncc(Br)cc1C. The molecule has 1 aromatic rings. The summed E-state index contributed by atoms with van der Waals surface area (Å²) < 4.78 is 1.06. The van der Waals surface area contributed by atoms with Gasteiger partial charge in [0.05, 0.1) is 0 Å². The number of aromatic nitrogens is 1. The number of rotatable bonds is 2. The molecule has 1 nitrogen and oxygen atoms in total. The summed E-state index contributed by atoms with van der Waals surface area (Å²) in [7, 11) is 0. The molecule has 2 heteroatoms. The lowest BCUT2D eigenvalue weighted by atomic mass is 10.1. The van der Waals surface area contributed by atoms with Gasteiger partial charge in [-0.3, -0.25) is 4.98 Å². The van der Waals surface area contributed by atoms with Crippen LogP contribution in [0.2, 0.25) is 0 Å². The Kier molecular flexibility index (Phi) is 3.06. The van der Waals surface area contributed by atoms with E-state index in [1.807, 2.05) is 6.20 Å². The van der Waals surface area contributed by atoms with Crippen molar-refractivity contribution in [3.63, 3.8) is 0 Å². The van der Waals surface area contributed by atoms with E-state index in [2.05, 4.69) is 40.8 Å². The summed E-state index contributed by atoms with van der Waals surface area (Å²) in [6.45, 7) is 4.27. The van der Waals surface area contributed by atoms with Crippen LogP contribution < -0.4 is 0 Å². The third kappa shape index (κ3) is 2.29. The molecule has 0 unspecified atom stereocenters. The summed E-state index contributed by atoms with van der Waals surface area (Å²) in [5.74, 6) is 0. The van der Waals surface area contributed by atoms with Gasteiger partial charge < -0.3 is 0 Å². The maximum absolute atomic E-state index is 4.32. The van der Waals surface area contributed by atoms with Gasteiger partial charge in [0.2, 0.25) is 0 Å². The van der Waals surface area contributed by atoms with Crippen LogP contribution in [-0.2, 0) is 6.42 Å². The number of pyridine rings is 1. The van der Waals surface area contributed by atoms with Crippen LogP contribution in [0, 0.1) is 6.92 Å². The van der Waals surface area contributed by atoms with E-state index in [1.54, 1.807) is 0 Å². The second-order valence-electron chi connectivity index (χ2n) is 2.67. The molecule has 0 saturated carbocycles. The molecule has 1 heterocycles. The van der Waals surface area contributed by atoms with Gasteiger partial charge in [0.15, 0.2) is 0 Å². The second-order valence-corrected chi connectivity index (χ2v) is 3.58. The number of halogens is 1. The van der Waals surface area contributed by atoms with Crippen LogP contribution in [0.1, 0.15) is 24.6 Å². The average Bonchev–Trinajstić information content (AvgIpc) is 1.95. The normalized spacial score (nSPS) is 10.1. The fraction of sp³-hybridized carbons (Fsp3) is 0.444. The Labute approximate surface area is 76.0 Å². The van der Waals surface area contributed by atoms with Gasteiger partial charge in [-0.2, -0.15) is 0 Å². The van der Waals surface area contributed by atoms with E-state index in [1.165, 1.54) is 11.3 Å². The van der Waals surface area contributed by atoms with Crippen LogP contribution in [0.25, 0.3) is 0 Å². The molecular weight excluding hydrogens is 202 g/mol. The number of aryl methyl sites for hydroxylation is 2. The molecule has 1 aromatic heterocycles. The zero-order chi connectivity index (χ0) is 8.27. The lowest BCUT2D eigenvalue weighted by Gasteiger charge is -2.02. The molecule has 0 aliphatic heterocycles. The van der Waals surface area contributed by atoms with Crippen molar-refractivity contribution < 1.29 is 0 Å². The summed E-state index contributed by atoms with van der Waals surface area (Å²) in [5, 5.41) is 0. The van der Waals surface area contributed by atoms with Gasteiger partial charge in [-0.1, -0.05) is 13.3 Å². The zero-order valence-corrected chi connectivity index (χ0v) is 8.48. The van der Waals surface area contributed by atoms with E-state index < -0.39 is 0 Å². The van der Waals surface area contributed by atoms with E-state index in [-0.39, 0.29) is 0 Å². The Morgan fingerprint density at radius 1 is 1.55 bits per heavy atom. The van der Waals surface area contributed by atoms with E-state index in [9.17, 15) is 0 Å². The van der Waals surface area contributed by atoms with Crippen LogP contribution >= 0.6 is 15.9 Å². The minimum absolute atomic E-state index is 1.06. The van der Waals surface area contributed by atoms with Crippen molar-refractivity contribution in [2.24, 2.45) is 0 Å². The van der Waals surface area contributed by atoms with Crippen molar-refractivity contribution in [3.8, 4) is 0 Å². The molecular formula is C9H12BrN. The van der Waals surface area contributed by atoms with Gasteiger partial charge >= 0.3 is 0 Å². The average molecular weight is 214 g/mol. The highest BCUT2D eigenvalue weighted by Gasteiger charge is 1.97. The topological polar surface area (TPSA) is 12.9 Å². The summed E-state index contributed by atoms with van der Waals surface area (Å²) >= 11 is 3.38. The predicted octanol–water partition coefficient (Wildman–Crippen LogP) is 3.11. The van der Waals surface area contributed by atoms with Crippen molar-refractivity contribution in [3.05, 3.63) is 28.0 Å². The van der Waals surface area contributed by atoms with Gasteiger partial charge in [0.1, 0.15) is 0 Å². The zero-order valence-electron chi connectivity index (χ0n) is 6.89. The van der Waals surface area contributed by atoms with Crippen molar-refractivity contribution in [2.75, 3.05) is 0 Å². The Morgan fingerprint density at radius 3 is 2.82 bits per heavy atom. The summed E-state index contributed by atoms with van der Waals surface area (Å²) in [5.41, 5.74) is 2.50. The third-order valence-corrected chi connectivity index (χ3v) is 2.07. The Balaban J connectivity index is 2.90. The van der Waals surface area contributed by atoms with Crippen LogP contribution in [0.5, 0.6) is 0 Å². The molecule has 0 bridgehead atoms. The highest BCUT2D eigenvalue weighted by atomic mass is 79.9. The molecule has 0 saturated heterocycles. The largest absolute Gasteiger partial charge is 0.260 e. The number of hydrogen-bond acceptors (Lipinski definition) is 1. The molecule has 0 amide bonds. The molecule has 0 aliphatic carbocycles. The Morgan fingerprint density at radius 2 is 2.27 bits per heavy atom. The molecule has 0 spiro atoms. The first kappa shape index (κ1) is 8.72. The highest BCUT2D eigenvalue weighted by Crippen LogP contribution is 2.13. The monoisotopic (exact) mass is 213 g/mol. The molecule has 0 fully saturated rings. The Hall–Kier alpha value is -0.370.